The number of H-pyrrole nitrogens is 2. The summed E-state index contributed by atoms with van der Waals surface area (Å²) in [6.45, 7) is 21.0. The van der Waals surface area contributed by atoms with E-state index in [0.717, 1.165) is 95.3 Å². The summed E-state index contributed by atoms with van der Waals surface area (Å²) in [5.74, 6) is 8.44. The lowest BCUT2D eigenvalue weighted by atomic mass is 9.85. The van der Waals surface area contributed by atoms with Crippen LogP contribution in [-0.4, -0.2) is 74.5 Å². The molecular formula is C75H92F2N6O3. The molecule has 86 heavy (non-hydrogen) atoms. The van der Waals surface area contributed by atoms with Crippen LogP contribution in [0.3, 0.4) is 0 Å². The van der Waals surface area contributed by atoms with Crippen molar-refractivity contribution in [1.29, 1.82) is 0 Å². The van der Waals surface area contributed by atoms with E-state index in [2.05, 4.69) is 157 Å². The number of rotatable bonds is 14. The molecule has 0 aliphatic carbocycles. The highest BCUT2D eigenvalue weighted by Gasteiger charge is 2.28. The fourth-order valence-electron chi connectivity index (χ4n) is 11.1. The third kappa shape index (κ3) is 17.6. The van der Waals surface area contributed by atoms with Crippen molar-refractivity contribution in [2.75, 3.05) is 32.9 Å². The Hall–Kier alpha value is -8.36. The molecule has 2 aliphatic rings. The highest BCUT2D eigenvalue weighted by molar-refractivity contribution is 5.95. The van der Waals surface area contributed by atoms with Crippen LogP contribution in [0.2, 0.25) is 0 Å². The first-order valence-electron chi connectivity index (χ1n) is 31.3. The van der Waals surface area contributed by atoms with Crippen LogP contribution in [0.15, 0.2) is 152 Å². The molecule has 4 heterocycles. The normalized spacial score (nSPS) is 13.1. The molecule has 0 spiro atoms. The van der Waals surface area contributed by atoms with Gasteiger partial charge in [0.25, 0.3) is 0 Å². The van der Waals surface area contributed by atoms with Crippen molar-refractivity contribution < 1.29 is 26.0 Å². The maximum Gasteiger partial charge on any atom is 0.320 e. The van der Waals surface area contributed by atoms with Crippen molar-refractivity contribution in [1.82, 2.24) is 29.7 Å². The SMILES string of the molecule is CC.CC.CCCC#CC(=O)CCCCc1ccccc1C(CC)c1ccccc1.CCc1cc(-c2ccc3nc(C)[nH]c3c2)ccc1C.O=C(N1CCC(CF)CC1)N1CCOc2ccc(-c3ccc(-c4nc5ccc(F)cc5[nH]4)cc3)cc2C1.[HH].[HH]. The van der Waals surface area contributed by atoms with E-state index < -0.39 is 0 Å². The van der Waals surface area contributed by atoms with Gasteiger partial charge in [-0.05, 0) is 170 Å². The summed E-state index contributed by atoms with van der Waals surface area (Å²) < 4.78 is 32.5. The van der Waals surface area contributed by atoms with Gasteiger partial charge in [0.2, 0.25) is 5.78 Å². The molecule has 2 aromatic heterocycles. The van der Waals surface area contributed by atoms with Crippen molar-refractivity contribution >= 4 is 33.9 Å². The monoisotopic (exact) mass is 1160 g/mol. The lowest BCUT2D eigenvalue weighted by Crippen LogP contribution is -2.47. The van der Waals surface area contributed by atoms with Gasteiger partial charge >= 0.3 is 6.03 Å². The second-order valence-electron chi connectivity index (χ2n) is 21.6. The Morgan fingerprint density at radius 2 is 1.34 bits per heavy atom. The third-order valence-corrected chi connectivity index (χ3v) is 15.8. The summed E-state index contributed by atoms with van der Waals surface area (Å²) in [6.07, 6.45) is 8.97. The summed E-state index contributed by atoms with van der Waals surface area (Å²) in [5, 5.41) is 0. The summed E-state index contributed by atoms with van der Waals surface area (Å²) >= 11 is 0. The minimum atomic E-state index is -0.311. The number of carbonyl (C=O) groups excluding carboxylic acids is 2. The molecule has 0 radical (unpaired) electrons. The average Bonchev–Trinajstić information content (AvgIpc) is 2.59. The van der Waals surface area contributed by atoms with E-state index in [1.165, 1.54) is 51.1 Å². The first-order chi connectivity index (χ1) is 42.0. The number of amides is 2. The fraction of sp³-hybridized carbons (Fsp3) is 0.360. The highest BCUT2D eigenvalue weighted by atomic mass is 19.1. The first kappa shape index (κ1) is 65.2. The van der Waals surface area contributed by atoms with Crippen LogP contribution >= 0.6 is 0 Å². The number of nitrogens with zero attached hydrogens (tertiary/aromatic N) is 4. The number of aromatic nitrogens is 4. The smallest absolute Gasteiger partial charge is 0.320 e. The number of Topliss-reactive ketones (excluding diaryl/α,β-unsaturated/α-hetero) is 1. The molecule has 2 aliphatic heterocycles. The minimum Gasteiger partial charge on any atom is -0.491 e. The molecule has 7 aromatic carbocycles. The number of hydrogen-bond acceptors (Lipinski definition) is 5. The number of carbonyl (C=O) groups is 2. The van der Waals surface area contributed by atoms with Gasteiger partial charge in [0.1, 0.15) is 29.8 Å². The Bertz CT molecular complexity index is 3660. The number of likely N-dealkylation sites (tertiary alicyclic amines) is 1. The number of piperidine rings is 1. The van der Waals surface area contributed by atoms with E-state index in [1.54, 1.807) is 6.07 Å². The number of ether oxygens (including phenoxy) is 1. The zero-order valence-electron chi connectivity index (χ0n) is 52.2. The number of aryl methyl sites for hydroxylation is 4. The number of unbranched alkanes of at least 4 members (excludes halogenated alkanes) is 2. The Morgan fingerprint density at radius 3 is 2.07 bits per heavy atom. The average molecular weight is 1160 g/mol. The lowest BCUT2D eigenvalue weighted by molar-refractivity contribution is -0.113. The highest BCUT2D eigenvalue weighted by Crippen LogP contribution is 2.34. The Labute approximate surface area is 513 Å². The second kappa shape index (κ2) is 33.4. The number of urea groups is 1. The number of aromatic amines is 2. The summed E-state index contributed by atoms with van der Waals surface area (Å²) in [4.78, 5) is 44.1. The lowest BCUT2D eigenvalue weighted by Gasteiger charge is -2.34. The maximum atomic E-state index is 13.5. The zero-order valence-corrected chi connectivity index (χ0v) is 52.2. The Morgan fingerprint density at radius 1 is 0.686 bits per heavy atom. The summed E-state index contributed by atoms with van der Waals surface area (Å²) in [7, 11) is 0. The Balaban J connectivity index is 0.000000243. The van der Waals surface area contributed by atoms with E-state index in [-0.39, 0.29) is 33.1 Å². The molecule has 2 amide bonds. The van der Waals surface area contributed by atoms with Crippen LogP contribution in [0.5, 0.6) is 5.75 Å². The maximum absolute atomic E-state index is 13.5. The van der Waals surface area contributed by atoms with Gasteiger partial charge in [-0.1, -0.05) is 164 Å². The van der Waals surface area contributed by atoms with Crippen LogP contribution < -0.4 is 4.74 Å². The third-order valence-electron chi connectivity index (χ3n) is 15.8. The van der Waals surface area contributed by atoms with Gasteiger partial charge < -0.3 is 24.5 Å². The van der Waals surface area contributed by atoms with Gasteiger partial charge in [0, 0.05) is 45.8 Å². The van der Waals surface area contributed by atoms with Crippen molar-refractivity contribution in [2.45, 2.75) is 139 Å². The van der Waals surface area contributed by atoms with Crippen LogP contribution in [0.25, 0.3) is 55.7 Å². The molecular weight excluding hydrogens is 1070 g/mol. The number of halogens is 2. The number of imidazole rings is 2. The fourth-order valence-corrected chi connectivity index (χ4v) is 11.1. The van der Waals surface area contributed by atoms with E-state index in [4.69, 9.17) is 4.74 Å². The molecule has 2 N–H and O–H groups in total. The van der Waals surface area contributed by atoms with Crippen molar-refractivity contribution in [3.63, 3.8) is 0 Å². The molecule has 1 unspecified atom stereocenters. The number of benzene rings is 7. The van der Waals surface area contributed by atoms with Crippen molar-refractivity contribution in [3.8, 4) is 51.2 Å². The molecule has 11 heteroatoms. The molecule has 0 bridgehead atoms. The number of fused-ring (bicyclic) bond motifs is 3. The predicted molar refractivity (Wildman–Crippen MR) is 356 cm³/mol. The van der Waals surface area contributed by atoms with E-state index in [9.17, 15) is 18.4 Å². The van der Waals surface area contributed by atoms with E-state index >= 15 is 0 Å². The Kier molecular flexibility index (Phi) is 25.3. The van der Waals surface area contributed by atoms with Gasteiger partial charge in [-0.2, -0.15) is 0 Å². The predicted octanol–water partition coefficient (Wildman–Crippen LogP) is 19.3. The number of alkyl halides is 1. The topological polar surface area (TPSA) is 107 Å². The largest absolute Gasteiger partial charge is 0.491 e. The first-order valence-corrected chi connectivity index (χ1v) is 31.3. The minimum absolute atomic E-state index is 0. The van der Waals surface area contributed by atoms with Gasteiger partial charge in [-0.25, -0.2) is 19.2 Å². The van der Waals surface area contributed by atoms with Crippen LogP contribution in [0.4, 0.5) is 13.6 Å². The van der Waals surface area contributed by atoms with Crippen molar-refractivity contribution in [3.05, 3.63) is 197 Å². The number of nitrogens with one attached hydrogen (secondary N) is 2. The molecule has 454 valence electrons. The number of ketones is 1. The van der Waals surface area contributed by atoms with Gasteiger partial charge in [-0.3, -0.25) is 9.18 Å². The molecule has 1 atom stereocenters. The van der Waals surface area contributed by atoms with Gasteiger partial charge in [0.15, 0.2) is 0 Å². The van der Waals surface area contributed by atoms with Crippen LogP contribution in [-0.2, 0) is 24.2 Å². The molecule has 0 saturated carbocycles. The second-order valence-corrected chi connectivity index (χ2v) is 21.6. The van der Waals surface area contributed by atoms with Gasteiger partial charge in [-0.15, -0.1) is 0 Å². The van der Waals surface area contributed by atoms with E-state index in [1.807, 2.05) is 80.8 Å². The standard InChI is InChI=1S/C29H28F2N4O2.C25H30O.C17H18N2.2C2H6.2H2/c30-17-19-9-11-34(12-10-19)29(36)35-13-14-37-27-8-5-22(15-23(27)18-35)20-1-3-21(4-2-20)28-32-25-7-6-24(31)16-26(25)33-28;1-3-5-7-18-23(26)19-12-10-16-22-17-11-13-20-25(22)24(4-2)21-14-8-6-9-15-21;1-4-13-9-14(6-5-11(13)2)15-7-8-16-17(10-15)19-12(3)18-16;2*1-2;;/h1-8,15-16,19H,9-14,17-18H2,(H,32,33);6,8-9,11,13-15,17,20,24H,3-5,10,12,16,19H2,1-2H3;5-10H,4H2,1-3H3,(H,18,19);2*1-2H3;2*1H. The number of hydrogen-bond donors (Lipinski definition) is 2. The quantitative estimate of drug-likeness (QED) is 0.0641. The van der Waals surface area contributed by atoms with Crippen LogP contribution in [0.1, 0.15) is 148 Å². The molecule has 9 aromatic rings. The van der Waals surface area contributed by atoms with Crippen molar-refractivity contribution in [2.24, 2.45) is 5.92 Å². The van der Waals surface area contributed by atoms with E-state index in [0.29, 0.717) is 69.3 Å². The molecule has 1 saturated heterocycles. The summed E-state index contributed by atoms with van der Waals surface area (Å²) in [5.41, 5.74) is 17.0. The molecule has 9 nitrogen and oxygen atoms in total. The molecule has 1 fully saturated rings. The van der Waals surface area contributed by atoms with Gasteiger partial charge in [0.05, 0.1) is 41.8 Å². The zero-order chi connectivity index (χ0) is 61.4. The summed E-state index contributed by atoms with van der Waals surface area (Å²) in [6, 6.07) is 51.2. The molecule has 11 rings (SSSR count). The van der Waals surface area contributed by atoms with Crippen LogP contribution in [0, 0.1) is 37.4 Å².